The molecular weight excluding hydrogens is 154 g/mol. The molecule has 0 saturated carbocycles. The van der Waals surface area contributed by atoms with Crippen LogP contribution in [0.25, 0.3) is 0 Å². The first-order valence-electron chi connectivity index (χ1n) is 3.00. The van der Waals surface area contributed by atoms with Crippen molar-refractivity contribution in [1.29, 1.82) is 0 Å². The van der Waals surface area contributed by atoms with Crippen LogP contribution in [0.15, 0.2) is 0 Å². The molecule has 10 heavy (non-hydrogen) atoms. The number of hydrogen-bond donors (Lipinski definition) is 1. The third kappa shape index (κ3) is 4.58. The third-order valence-corrected chi connectivity index (χ3v) is 1.20. The van der Waals surface area contributed by atoms with E-state index in [2.05, 4.69) is 4.74 Å². The Morgan fingerprint density at radius 1 is 1.70 bits per heavy atom. The first kappa shape index (κ1) is 12.4. The molecule has 1 unspecified atom stereocenters. The zero-order valence-electron chi connectivity index (χ0n) is 6.29. The number of carbonyl (C=O) groups excluding carboxylic acids is 1. The minimum Gasteiger partial charge on any atom is -0.469 e. The molecule has 0 aliphatic carbocycles. The summed E-state index contributed by atoms with van der Waals surface area (Å²) in [6.45, 7) is 2.34. The quantitative estimate of drug-likeness (QED) is 0.626. The Bertz CT molecular complexity index is 97.7. The Kier molecular flexibility index (Phi) is 8.48. The molecular formula is C6H14ClNO2. The lowest BCUT2D eigenvalue weighted by molar-refractivity contribution is -0.144. The van der Waals surface area contributed by atoms with Crippen LogP contribution in [0.4, 0.5) is 0 Å². The Morgan fingerprint density at radius 2 is 2.20 bits per heavy atom. The summed E-state index contributed by atoms with van der Waals surface area (Å²) in [5.74, 6) is -0.236. The molecule has 2 N–H and O–H groups in total. The number of halogens is 1. The van der Waals surface area contributed by atoms with Gasteiger partial charge in [0, 0.05) is 0 Å². The molecule has 3 nitrogen and oxygen atoms in total. The van der Waals surface area contributed by atoms with Gasteiger partial charge in [-0.1, -0.05) is 6.92 Å². The predicted octanol–water partition coefficient (Wildman–Crippen LogP) is 0.566. The van der Waals surface area contributed by atoms with Gasteiger partial charge in [0.1, 0.15) is 0 Å². The minimum absolute atomic E-state index is 0. The van der Waals surface area contributed by atoms with Gasteiger partial charge in [-0.25, -0.2) is 0 Å². The zero-order chi connectivity index (χ0) is 7.28. The molecule has 62 valence electrons. The highest BCUT2D eigenvalue weighted by atomic mass is 35.5. The number of hydrogen-bond acceptors (Lipinski definition) is 3. The minimum atomic E-state index is -0.180. The maximum atomic E-state index is 10.6. The smallest absolute Gasteiger partial charge is 0.308 e. The lowest BCUT2D eigenvalue weighted by Crippen LogP contribution is -2.16. The Hall–Kier alpha value is -0.280. The number of methoxy groups -OCH3 is 1. The predicted molar refractivity (Wildman–Crippen MR) is 42.1 cm³/mol. The highest BCUT2D eigenvalue weighted by Gasteiger charge is 2.10. The van der Waals surface area contributed by atoms with Gasteiger partial charge in [0.2, 0.25) is 0 Å². The number of nitrogens with two attached hydrogens (primary N) is 1. The topological polar surface area (TPSA) is 52.3 Å². The van der Waals surface area contributed by atoms with Crippen LogP contribution in [0.2, 0.25) is 0 Å². The maximum Gasteiger partial charge on any atom is 0.308 e. The van der Waals surface area contributed by atoms with Crippen LogP contribution in [0, 0.1) is 5.92 Å². The molecule has 0 aromatic carbocycles. The fraction of sp³-hybridized carbons (Fsp3) is 0.833. The number of ether oxygens (including phenoxy) is 1. The van der Waals surface area contributed by atoms with Crippen molar-refractivity contribution < 1.29 is 9.53 Å². The average molecular weight is 168 g/mol. The van der Waals surface area contributed by atoms with Crippen LogP contribution in [-0.2, 0) is 9.53 Å². The molecule has 0 radical (unpaired) electrons. The van der Waals surface area contributed by atoms with E-state index >= 15 is 0 Å². The summed E-state index contributed by atoms with van der Waals surface area (Å²) in [7, 11) is 1.38. The fourth-order valence-corrected chi connectivity index (χ4v) is 0.569. The van der Waals surface area contributed by atoms with E-state index in [0.717, 1.165) is 0 Å². The zero-order valence-corrected chi connectivity index (χ0v) is 7.11. The van der Waals surface area contributed by atoms with Crippen LogP contribution >= 0.6 is 12.4 Å². The lowest BCUT2D eigenvalue weighted by Gasteiger charge is -2.05. The number of rotatable bonds is 3. The maximum absolute atomic E-state index is 10.6. The molecule has 0 aliphatic heterocycles. The van der Waals surface area contributed by atoms with Gasteiger partial charge in [0.15, 0.2) is 0 Å². The van der Waals surface area contributed by atoms with Gasteiger partial charge in [-0.3, -0.25) is 4.79 Å². The molecule has 0 aromatic heterocycles. The largest absolute Gasteiger partial charge is 0.469 e. The lowest BCUT2D eigenvalue weighted by atomic mass is 10.1. The van der Waals surface area contributed by atoms with E-state index in [-0.39, 0.29) is 24.3 Å². The molecule has 1 atom stereocenters. The van der Waals surface area contributed by atoms with Gasteiger partial charge < -0.3 is 10.5 Å². The summed E-state index contributed by atoms with van der Waals surface area (Å²) in [6.07, 6.45) is 0.701. The molecule has 0 heterocycles. The van der Waals surface area contributed by atoms with Crippen molar-refractivity contribution in [2.45, 2.75) is 13.3 Å². The van der Waals surface area contributed by atoms with Gasteiger partial charge in [-0.15, -0.1) is 12.4 Å². The second-order valence-corrected chi connectivity index (χ2v) is 2.00. The van der Waals surface area contributed by atoms with Gasteiger partial charge >= 0.3 is 5.97 Å². The Balaban J connectivity index is 0. The molecule has 0 fully saturated rings. The van der Waals surface area contributed by atoms with Crippen molar-refractivity contribution in [1.82, 2.24) is 0 Å². The second kappa shape index (κ2) is 6.83. The fourth-order valence-electron chi connectivity index (χ4n) is 0.569. The Labute approximate surface area is 67.3 Å². The van der Waals surface area contributed by atoms with Crippen LogP contribution in [0.3, 0.4) is 0 Å². The molecule has 0 aliphatic rings. The van der Waals surface area contributed by atoms with E-state index in [1.165, 1.54) is 7.11 Å². The van der Waals surface area contributed by atoms with Gasteiger partial charge in [-0.2, -0.15) is 0 Å². The Morgan fingerprint density at radius 3 is 2.50 bits per heavy atom. The third-order valence-electron chi connectivity index (χ3n) is 1.20. The highest BCUT2D eigenvalue weighted by molar-refractivity contribution is 5.85. The normalized spacial score (nSPS) is 11.5. The standard InChI is InChI=1S/C6H13NO2.ClH/c1-5(3-4-7)6(8)9-2;/h5H,3-4,7H2,1-2H3;1H. The van der Waals surface area contributed by atoms with E-state index in [0.29, 0.717) is 13.0 Å². The van der Waals surface area contributed by atoms with Gasteiger partial charge in [0.25, 0.3) is 0 Å². The van der Waals surface area contributed by atoms with E-state index in [1.807, 2.05) is 0 Å². The van der Waals surface area contributed by atoms with Gasteiger partial charge in [0.05, 0.1) is 13.0 Å². The van der Waals surface area contributed by atoms with E-state index in [1.54, 1.807) is 6.92 Å². The van der Waals surface area contributed by atoms with Crippen LogP contribution < -0.4 is 5.73 Å². The van der Waals surface area contributed by atoms with Crippen molar-refractivity contribution in [3.63, 3.8) is 0 Å². The summed E-state index contributed by atoms with van der Waals surface area (Å²) in [5.41, 5.74) is 5.21. The van der Waals surface area contributed by atoms with Crippen molar-refractivity contribution in [3.8, 4) is 0 Å². The first-order chi connectivity index (χ1) is 4.22. The molecule has 0 bridgehead atoms. The summed E-state index contributed by atoms with van der Waals surface area (Å²) < 4.78 is 4.47. The number of esters is 1. The van der Waals surface area contributed by atoms with E-state index in [9.17, 15) is 4.79 Å². The summed E-state index contributed by atoms with van der Waals surface area (Å²) >= 11 is 0. The van der Waals surface area contributed by atoms with Crippen molar-refractivity contribution >= 4 is 18.4 Å². The van der Waals surface area contributed by atoms with Crippen LogP contribution in [0.5, 0.6) is 0 Å². The van der Waals surface area contributed by atoms with Crippen molar-refractivity contribution in [3.05, 3.63) is 0 Å². The molecule has 0 aromatic rings. The summed E-state index contributed by atoms with van der Waals surface area (Å²) in [5, 5.41) is 0. The van der Waals surface area contributed by atoms with E-state index in [4.69, 9.17) is 5.73 Å². The molecule has 4 heteroatoms. The summed E-state index contributed by atoms with van der Waals surface area (Å²) in [6, 6.07) is 0. The van der Waals surface area contributed by atoms with Crippen LogP contribution in [0.1, 0.15) is 13.3 Å². The summed E-state index contributed by atoms with van der Waals surface area (Å²) in [4.78, 5) is 10.6. The van der Waals surface area contributed by atoms with Crippen LogP contribution in [-0.4, -0.2) is 19.6 Å². The highest BCUT2D eigenvalue weighted by Crippen LogP contribution is 2.00. The first-order valence-corrected chi connectivity index (χ1v) is 3.00. The average Bonchev–Trinajstić information content (AvgIpc) is 1.87. The SMILES string of the molecule is COC(=O)C(C)CCN.Cl. The molecule has 0 spiro atoms. The molecule has 0 rings (SSSR count). The van der Waals surface area contributed by atoms with Crippen molar-refractivity contribution in [2.24, 2.45) is 11.7 Å². The molecule has 0 saturated heterocycles. The number of carbonyl (C=O) groups is 1. The van der Waals surface area contributed by atoms with Gasteiger partial charge in [-0.05, 0) is 13.0 Å². The van der Waals surface area contributed by atoms with Crippen molar-refractivity contribution in [2.75, 3.05) is 13.7 Å². The second-order valence-electron chi connectivity index (χ2n) is 2.00. The van der Waals surface area contributed by atoms with E-state index < -0.39 is 0 Å². The monoisotopic (exact) mass is 167 g/mol. The molecule has 0 amide bonds.